The lowest BCUT2D eigenvalue weighted by molar-refractivity contribution is -0.120. The number of aryl methyl sites for hydroxylation is 1. The maximum atomic E-state index is 12.3. The molecule has 178 valence electrons. The average molecular weight is 458 g/mol. The van der Waals surface area contributed by atoms with Gasteiger partial charge < -0.3 is 15.2 Å². The van der Waals surface area contributed by atoms with E-state index >= 15 is 0 Å². The van der Waals surface area contributed by atoms with Crippen molar-refractivity contribution in [1.29, 1.82) is 0 Å². The Kier molecular flexibility index (Phi) is 6.04. The van der Waals surface area contributed by atoms with Crippen molar-refractivity contribution in [3.05, 3.63) is 23.8 Å². The normalized spacial score (nSPS) is 24.0. The molecule has 10 heteroatoms. The number of aromatic nitrogens is 2. The minimum absolute atomic E-state index is 0.0691. The SMILES string of the molecule is Cn1nc(N2CCC(=O)NC2=O)c2ccc([C@H]3CC[C@H](NC(=O)OC(C)(C)C)C[C@H]3O)cc21. The first kappa shape index (κ1) is 23.0. The van der Waals surface area contributed by atoms with Crippen LogP contribution in [0.5, 0.6) is 0 Å². The van der Waals surface area contributed by atoms with E-state index in [2.05, 4.69) is 15.7 Å². The van der Waals surface area contributed by atoms with Crippen LogP contribution >= 0.6 is 0 Å². The molecule has 4 rings (SSSR count). The van der Waals surface area contributed by atoms with Crippen molar-refractivity contribution in [3.8, 4) is 0 Å². The predicted molar refractivity (Wildman–Crippen MR) is 122 cm³/mol. The smallest absolute Gasteiger partial charge is 0.407 e. The lowest BCUT2D eigenvalue weighted by atomic mass is 9.79. The maximum Gasteiger partial charge on any atom is 0.407 e. The molecular weight excluding hydrogens is 426 g/mol. The van der Waals surface area contributed by atoms with Gasteiger partial charge in [0.15, 0.2) is 5.82 Å². The number of benzene rings is 1. The summed E-state index contributed by atoms with van der Waals surface area (Å²) in [6.45, 7) is 5.73. The molecule has 1 aromatic carbocycles. The van der Waals surface area contributed by atoms with Gasteiger partial charge in [0.1, 0.15) is 5.60 Å². The van der Waals surface area contributed by atoms with E-state index in [1.165, 1.54) is 4.90 Å². The molecule has 1 aromatic heterocycles. The third kappa shape index (κ3) is 4.95. The minimum Gasteiger partial charge on any atom is -0.444 e. The zero-order chi connectivity index (χ0) is 23.9. The zero-order valence-corrected chi connectivity index (χ0v) is 19.4. The first-order valence-electron chi connectivity index (χ1n) is 11.3. The van der Waals surface area contributed by atoms with Crippen molar-refractivity contribution in [2.45, 2.75) is 70.1 Å². The fraction of sp³-hybridized carbons (Fsp3) is 0.565. The number of imide groups is 1. The van der Waals surface area contributed by atoms with Crippen molar-refractivity contribution in [2.75, 3.05) is 11.4 Å². The number of ether oxygens (including phenoxy) is 1. The van der Waals surface area contributed by atoms with Crippen LogP contribution in [0.1, 0.15) is 57.9 Å². The summed E-state index contributed by atoms with van der Waals surface area (Å²) in [5.74, 6) is 0.153. The summed E-state index contributed by atoms with van der Waals surface area (Å²) in [6.07, 6.45) is 1.05. The number of aliphatic hydroxyl groups is 1. The second-order valence-electron chi connectivity index (χ2n) is 9.81. The van der Waals surface area contributed by atoms with Crippen LogP contribution in [0.15, 0.2) is 18.2 Å². The second-order valence-corrected chi connectivity index (χ2v) is 9.81. The van der Waals surface area contributed by atoms with E-state index in [0.29, 0.717) is 18.7 Å². The Hall–Kier alpha value is -3.14. The lowest BCUT2D eigenvalue weighted by Crippen LogP contribution is -2.49. The van der Waals surface area contributed by atoms with E-state index in [1.54, 1.807) is 11.7 Å². The summed E-state index contributed by atoms with van der Waals surface area (Å²) in [6, 6.07) is 5.25. The van der Waals surface area contributed by atoms with Gasteiger partial charge in [0.25, 0.3) is 0 Å². The van der Waals surface area contributed by atoms with Gasteiger partial charge in [-0.05, 0) is 57.7 Å². The van der Waals surface area contributed by atoms with Crippen LogP contribution in [-0.4, -0.2) is 57.2 Å². The molecule has 0 unspecified atom stereocenters. The monoisotopic (exact) mass is 457 g/mol. The highest BCUT2D eigenvalue weighted by atomic mass is 16.6. The number of urea groups is 1. The molecule has 0 bridgehead atoms. The number of hydrogen-bond donors (Lipinski definition) is 3. The van der Waals surface area contributed by atoms with Gasteiger partial charge in [0.2, 0.25) is 5.91 Å². The van der Waals surface area contributed by atoms with Crippen LogP contribution in [-0.2, 0) is 16.6 Å². The molecule has 1 aliphatic carbocycles. The van der Waals surface area contributed by atoms with E-state index < -0.39 is 23.8 Å². The van der Waals surface area contributed by atoms with Crippen LogP contribution in [0.25, 0.3) is 10.9 Å². The highest BCUT2D eigenvalue weighted by molar-refractivity contribution is 6.08. The van der Waals surface area contributed by atoms with Gasteiger partial charge >= 0.3 is 12.1 Å². The number of amides is 4. The van der Waals surface area contributed by atoms with Gasteiger partial charge in [-0.3, -0.25) is 19.7 Å². The molecule has 4 amide bonds. The number of anilines is 1. The summed E-state index contributed by atoms with van der Waals surface area (Å²) in [7, 11) is 1.81. The Bertz CT molecular complexity index is 1090. The first-order chi connectivity index (χ1) is 15.5. The van der Waals surface area contributed by atoms with Crippen LogP contribution in [0.2, 0.25) is 0 Å². The number of nitrogens with zero attached hydrogens (tertiary/aromatic N) is 3. The summed E-state index contributed by atoms with van der Waals surface area (Å²) in [5, 5.41) is 21.3. The molecule has 3 atom stereocenters. The molecule has 10 nitrogen and oxygen atoms in total. The van der Waals surface area contributed by atoms with Gasteiger partial charge in [-0.25, -0.2) is 9.59 Å². The molecule has 3 N–H and O–H groups in total. The number of fused-ring (bicyclic) bond motifs is 1. The number of rotatable bonds is 3. The third-order valence-electron chi connectivity index (χ3n) is 6.13. The summed E-state index contributed by atoms with van der Waals surface area (Å²) in [5.41, 5.74) is 1.26. The van der Waals surface area contributed by atoms with Crippen LogP contribution < -0.4 is 15.5 Å². The predicted octanol–water partition coefficient (Wildman–Crippen LogP) is 2.54. The molecule has 33 heavy (non-hydrogen) atoms. The number of nitrogens with one attached hydrogen (secondary N) is 2. The fourth-order valence-corrected chi connectivity index (χ4v) is 4.59. The standard InChI is InChI=1S/C23H31N5O5/c1-23(2,3)33-22(32)24-14-6-8-15(18(29)12-14)13-5-7-16-17(11-13)27(4)26-20(16)28-10-9-19(30)25-21(28)31/h5,7,11,14-15,18,29H,6,8-10,12H2,1-4H3,(H,24,32)(H,25,30,31)/t14-,15+,18+/m0/s1. The Morgan fingerprint density at radius 1 is 1.27 bits per heavy atom. The van der Waals surface area contributed by atoms with Crippen molar-refractivity contribution in [1.82, 2.24) is 20.4 Å². The summed E-state index contributed by atoms with van der Waals surface area (Å²) < 4.78 is 7.03. The molecule has 0 radical (unpaired) electrons. The maximum absolute atomic E-state index is 12.3. The van der Waals surface area contributed by atoms with E-state index in [9.17, 15) is 19.5 Å². The Morgan fingerprint density at radius 2 is 2.03 bits per heavy atom. The van der Waals surface area contributed by atoms with Crippen molar-refractivity contribution < 1.29 is 24.2 Å². The largest absolute Gasteiger partial charge is 0.444 e. The Balaban J connectivity index is 1.48. The summed E-state index contributed by atoms with van der Waals surface area (Å²) in [4.78, 5) is 37.3. The minimum atomic E-state index is -0.609. The van der Waals surface area contributed by atoms with Gasteiger partial charge in [-0.2, -0.15) is 5.10 Å². The lowest BCUT2D eigenvalue weighted by Gasteiger charge is -2.34. The highest BCUT2D eigenvalue weighted by Crippen LogP contribution is 2.36. The van der Waals surface area contributed by atoms with E-state index in [-0.39, 0.29) is 30.8 Å². The second kappa shape index (κ2) is 8.66. The molecule has 2 heterocycles. The highest BCUT2D eigenvalue weighted by Gasteiger charge is 2.33. The number of alkyl carbamates (subject to hydrolysis) is 1. The molecule has 1 saturated carbocycles. The van der Waals surface area contributed by atoms with E-state index in [0.717, 1.165) is 22.9 Å². The molecule has 1 saturated heterocycles. The molecule has 0 spiro atoms. The van der Waals surface area contributed by atoms with Gasteiger partial charge in [0, 0.05) is 37.4 Å². The summed E-state index contributed by atoms with van der Waals surface area (Å²) >= 11 is 0. The number of hydrogen-bond acceptors (Lipinski definition) is 6. The molecule has 1 aliphatic heterocycles. The van der Waals surface area contributed by atoms with Crippen LogP contribution in [0.3, 0.4) is 0 Å². The Labute approximate surface area is 192 Å². The Morgan fingerprint density at radius 3 is 2.70 bits per heavy atom. The fourth-order valence-electron chi connectivity index (χ4n) is 4.59. The van der Waals surface area contributed by atoms with Gasteiger partial charge in [0.05, 0.1) is 11.6 Å². The van der Waals surface area contributed by atoms with Crippen molar-refractivity contribution in [2.24, 2.45) is 7.05 Å². The van der Waals surface area contributed by atoms with Crippen molar-refractivity contribution in [3.63, 3.8) is 0 Å². The van der Waals surface area contributed by atoms with Gasteiger partial charge in [-0.15, -0.1) is 0 Å². The van der Waals surface area contributed by atoms with Crippen LogP contribution in [0, 0.1) is 0 Å². The van der Waals surface area contributed by atoms with Gasteiger partial charge in [-0.1, -0.05) is 6.07 Å². The number of aliphatic hydroxyl groups excluding tert-OH is 1. The number of carbonyl (C=O) groups excluding carboxylic acids is 3. The molecule has 2 aliphatic rings. The first-order valence-corrected chi connectivity index (χ1v) is 11.3. The average Bonchev–Trinajstić information content (AvgIpc) is 3.02. The topological polar surface area (TPSA) is 126 Å². The van der Waals surface area contributed by atoms with E-state index in [1.807, 2.05) is 39.0 Å². The zero-order valence-electron chi connectivity index (χ0n) is 19.4. The van der Waals surface area contributed by atoms with Crippen LogP contribution in [0.4, 0.5) is 15.4 Å². The van der Waals surface area contributed by atoms with E-state index in [4.69, 9.17) is 4.74 Å². The number of carbonyl (C=O) groups is 3. The van der Waals surface area contributed by atoms with Crippen molar-refractivity contribution >= 4 is 34.8 Å². The molecule has 2 fully saturated rings. The molecule has 2 aromatic rings. The molecular formula is C23H31N5O5. The third-order valence-corrected chi connectivity index (χ3v) is 6.13. The quantitative estimate of drug-likeness (QED) is 0.650.